The second-order valence-electron chi connectivity index (χ2n) is 11.3. The van der Waals surface area contributed by atoms with E-state index in [0.717, 1.165) is 25.7 Å². The van der Waals surface area contributed by atoms with Crippen molar-refractivity contribution < 1.29 is 19.1 Å². The molecule has 2 aliphatic heterocycles. The van der Waals surface area contributed by atoms with E-state index in [1.807, 2.05) is 13.8 Å². The van der Waals surface area contributed by atoms with E-state index in [9.17, 15) is 14.4 Å². The molecule has 3 N–H and O–H groups in total. The minimum Gasteiger partial charge on any atom is -0.381 e. The number of anilines is 2. The van der Waals surface area contributed by atoms with Crippen LogP contribution in [0.5, 0.6) is 0 Å². The molecule has 38 heavy (non-hydrogen) atoms. The summed E-state index contributed by atoms with van der Waals surface area (Å²) in [6.45, 7) is 4.86. The molecule has 3 amide bonds. The number of fused-ring (bicyclic) bond motifs is 2. The summed E-state index contributed by atoms with van der Waals surface area (Å²) >= 11 is 6.63. The van der Waals surface area contributed by atoms with Crippen LogP contribution in [0, 0.1) is 17.8 Å². The average Bonchev–Trinajstić information content (AvgIpc) is 3.82. The van der Waals surface area contributed by atoms with Gasteiger partial charge in [0.05, 0.1) is 11.1 Å². The number of hydrogen-bond donors (Lipinski definition) is 3. The van der Waals surface area contributed by atoms with Crippen molar-refractivity contribution in [3.8, 4) is 0 Å². The first-order valence-corrected chi connectivity index (χ1v) is 13.9. The average molecular weight is 541 g/mol. The molecule has 3 fully saturated rings. The zero-order valence-electron chi connectivity index (χ0n) is 21.6. The van der Waals surface area contributed by atoms with E-state index in [2.05, 4.69) is 26.0 Å². The molecular weight excluding hydrogens is 508 g/mol. The summed E-state index contributed by atoms with van der Waals surface area (Å²) in [4.78, 5) is 44.6. The summed E-state index contributed by atoms with van der Waals surface area (Å²) in [7, 11) is 0. The van der Waals surface area contributed by atoms with Crippen molar-refractivity contribution >= 4 is 40.8 Å². The van der Waals surface area contributed by atoms with Gasteiger partial charge in [0, 0.05) is 37.1 Å². The van der Waals surface area contributed by atoms with Gasteiger partial charge < -0.3 is 20.7 Å². The lowest BCUT2D eigenvalue weighted by Gasteiger charge is -2.31. The molecule has 202 valence electrons. The van der Waals surface area contributed by atoms with Gasteiger partial charge in [-0.05, 0) is 76.2 Å². The van der Waals surface area contributed by atoms with Crippen LogP contribution in [-0.4, -0.2) is 51.7 Å². The Morgan fingerprint density at radius 2 is 1.87 bits per heavy atom. The second kappa shape index (κ2) is 9.64. The van der Waals surface area contributed by atoms with Gasteiger partial charge >= 0.3 is 0 Å². The molecule has 2 saturated carbocycles. The Labute approximate surface area is 226 Å². The quantitative estimate of drug-likeness (QED) is 0.438. The molecule has 2 aromatic rings. The molecular formula is C27H33ClN6O4. The molecule has 4 aliphatic rings. The molecule has 1 saturated heterocycles. The van der Waals surface area contributed by atoms with Gasteiger partial charge in [-0.1, -0.05) is 11.6 Å². The van der Waals surface area contributed by atoms with Gasteiger partial charge in [-0.3, -0.25) is 19.1 Å². The number of aromatic nitrogens is 3. The van der Waals surface area contributed by atoms with Gasteiger partial charge in [0.2, 0.25) is 11.8 Å². The zero-order valence-corrected chi connectivity index (χ0v) is 22.4. The molecule has 2 aliphatic carbocycles. The van der Waals surface area contributed by atoms with E-state index in [-0.39, 0.29) is 40.7 Å². The van der Waals surface area contributed by atoms with Crippen molar-refractivity contribution in [3.63, 3.8) is 0 Å². The number of carbonyl (C=O) groups excluding carboxylic acids is 3. The molecule has 4 heterocycles. The van der Waals surface area contributed by atoms with Crippen LogP contribution in [0.4, 0.5) is 11.5 Å². The molecule has 10 nitrogen and oxygen atoms in total. The fraction of sp³-hybridized carbons (Fsp3) is 0.593. The summed E-state index contributed by atoms with van der Waals surface area (Å²) < 4.78 is 7.13. The Hall–Kier alpha value is -2.98. The van der Waals surface area contributed by atoms with E-state index in [1.165, 1.54) is 0 Å². The fourth-order valence-electron chi connectivity index (χ4n) is 6.24. The number of nitrogens with zero attached hydrogens (tertiary/aromatic N) is 3. The van der Waals surface area contributed by atoms with Gasteiger partial charge in [-0.2, -0.15) is 5.10 Å². The first-order chi connectivity index (χ1) is 18.3. The van der Waals surface area contributed by atoms with Crippen molar-refractivity contribution in [1.29, 1.82) is 0 Å². The van der Waals surface area contributed by atoms with Crippen LogP contribution in [-0.2, 0) is 19.7 Å². The third-order valence-corrected chi connectivity index (χ3v) is 8.69. The first-order valence-electron chi connectivity index (χ1n) is 13.5. The number of amides is 3. The summed E-state index contributed by atoms with van der Waals surface area (Å²) in [5.74, 6) is 0.375. The van der Waals surface area contributed by atoms with Crippen LogP contribution >= 0.6 is 11.6 Å². The van der Waals surface area contributed by atoms with Crippen molar-refractivity contribution in [1.82, 2.24) is 20.1 Å². The van der Waals surface area contributed by atoms with Gasteiger partial charge in [0.25, 0.3) is 5.91 Å². The lowest BCUT2D eigenvalue weighted by molar-refractivity contribution is -0.124. The highest BCUT2D eigenvalue weighted by molar-refractivity contribution is 6.32. The number of halogens is 1. The highest BCUT2D eigenvalue weighted by Gasteiger charge is 2.51. The second-order valence-corrected chi connectivity index (χ2v) is 11.7. The van der Waals surface area contributed by atoms with Gasteiger partial charge in [-0.25, -0.2) is 4.98 Å². The summed E-state index contributed by atoms with van der Waals surface area (Å²) in [5, 5.41) is 13.4. The van der Waals surface area contributed by atoms with Gasteiger partial charge in [-0.15, -0.1) is 0 Å². The number of pyridine rings is 1. The third kappa shape index (κ3) is 4.47. The Bertz CT molecular complexity index is 1270. The van der Waals surface area contributed by atoms with Crippen LogP contribution in [0.2, 0.25) is 5.15 Å². The monoisotopic (exact) mass is 540 g/mol. The number of rotatable bonds is 8. The Balaban J connectivity index is 1.27. The molecule has 2 aromatic heterocycles. The Morgan fingerprint density at radius 1 is 1.18 bits per heavy atom. The molecule has 6 rings (SSSR count). The van der Waals surface area contributed by atoms with Gasteiger partial charge in [0.15, 0.2) is 0 Å². The Kier molecular flexibility index (Phi) is 6.42. The predicted molar refractivity (Wildman–Crippen MR) is 141 cm³/mol. The first kappa shape index (κ1) is 25.3. The number of carbonyl (C=O) groups is 3. The smallest absolute Gasteiger partial charge is 0.270 e. The van der Waals surface area contributed by atoms with Crippen LogP contribution < -0.4 is 16.0 Å². The molecule has 0 radical (unpaired) electrons. The van der Waals surface area contributed by atoms with Gasteiger partial charge in [0.1, 0.15) is 22.7 Å². The minimum atomic E-state index is -0.751. The summed E-state index contributed by atoms with van der Waals surface area (Å²) in [5.41, 5.74) is 0.908. The van der Waals surface area contributed by atoms with Crippen molar-refractivity contribution in [3.05, 3.63) is 34.7 Å². The highest BCUT2D eigenvalue weighted by Crippen LogP contribution is 2.51. The normalized spacial score (nSPS) is 20.9. The molecule has 1 spiro atoms. The maximum absolute atomic E-state index is 13.8. The molecule has 1 atom stereocenters. The SMILES string of the molecule is CC(C)n1nccc1C(=O)N[C@H](C(=O)Nc1cc2c(c(Cl)n1)C1(CCOCC1)C(=O)N2)C(C1CC1)C1CC1. The summed E-state index contributed by atoms with van der Waals surface area (Å²) in [6.07, 6.45) is 6.90. The third-order valence-electron chi connectivity index (χ3n) is 8.41. The highest BCUT2D eigenvalue weighted by atomic mass is 35.5. The van der Waals surface area contributed by atoms with E-state index >= 15 is 0 Å². The standard InChI is InChI=1S/C27H33ClN6O4/c1-14(2)34-18(7-10-29-34)24(35)33-22(20(15-3-4-15)16-5-6-16)25(36)32-19-13-17-21(23(28)31-19)27(26(37)30-17)8-11-38-12-9-27/h7,10,13-16,20,22H,3-6,8-9,11-12H2,1-2H3,(H,30,37)(H,33,35)(H,31,32,36)/t22-/m0/s1. The Morgan fingerprint density at radius 3 is 2.50 bits per heavy atom. The topological polar surface area (TPSA) is 127 Å². The van der Waals surface area contributed by atoms with E-state index < -0.39 is 11.5 Å². The van der Waals surface area contributed by atoms with Crippen molar-refractivity contribution in [2.24, 2.45) is 17.8 Å². The lowest BCUT2D eigenvalue weighted by atomic mass is 9.76. The van der Waals surface area contributed by atoms with Crippen LogP contribution in [0.15, 0.2) is 18.3 Å². The maximum atomic E-state index is 13.8. The number of ether oxygens (including phenoxy) is 1. The maximum Gasteiger partial charge on any atom is 0.270 e. The van der Waals surface area contributed by atoms with E-state index in [4.69, 9.17) is 16.3 Å². The summed E-state index contributed by atoms with van der Waals surface area (Å²) in [6, 6.07) is 2.62. The van der Waals surface area contributed by atoms with E-state index in [0.29, 0.717) is 54.8 Å². The zero-order chi connectivity index (χ0) is 26.6. The number of hydrogen-bond acceptors (Lipinski definition) is 6. The van der Waals surface area contributed by atoms with Crippen LogP contribution in [0.1, 0.15) is 74.5 Å². The fourth-order valence-corrected chi connectivity index (χ4v) is 6.61. The largest absolute Gasteiger partial charge is 0.381 e. The van der Waals surface area contributed by atoms with Crippen LogP contribution in [0.3, 0.4) is 0 Å². The van der Waals surface area contributed by atoms with Crippen molar-refractivity contribution in [2.75, 3.05) is 23.8 Å². The molecule has 0 bridgehead atoms. The van der Waals surface area contributed by atoms with Crippen molar-refractivity contribution in [2.45, 2.75) is 69.9 Å². The molecule has 0 aromatic carbocycles. The van der Waals surface area contributed by atoms with Crippen LogP contribution in [0.25, 0.3) is 0 Å². The predicted octanol–water partition coefficient (Wildman–Crippen LogP) is 3.69. The molecule has 11 heteroatoms. The minimum absolute atomic E-state index is 0.00711. The molecule has 0 unspecified atom stereocenters. The number of nitrogens with one attached hydrogen (secondary N) is 3. The lowest BCUT2D eigenvalue weighted by Crippen LogP contribution is -2.50. The van der Waals surface area contributed by atoms with E-state index in [1.54, 1.807) is 23.0 Å².